The van der Waals surface area contributed by atoms with Crippen molar-refractivity contribution in [2.24, 2.45) is 5.92 Å². The predicted octanol–water partition coefficient (Wildman–Crippen LogP) is 2.66. The van der Waals surface area contributed by atoms with Crippen LogP contribution in [0.2, 0.25) is 0 Å². The minimum atomic E-state index is -0.448. The summed E-state index contributed by atoms with van der Waals surface area (Å²) >= 11 is 0. The Bertz CT molecular complexity index is 222. The lowest BCUT2D eigenvalue weighted by Crippen LogP contribution is -2.54. The van der Waals surface area contributed by atoms with Gasteiger partial charge < -0.3 is 10.2 Å². The first kappa shape index (κ1) is 16.4. The molecule has 0 aliphatic rings. The van der Waals surface area contributed by atoms with Crippen LogP contribution in [-0.4, -0.2) is 36.0 Å². The molecular weight excluding hydrogens is 212 g/mol. The van der Waals surface area contributed by atoms with Crippen LogP contribution in [0.3, 0.4) is 0 Å². The van der Waals surface area contributed by atoms with Gasteiger partial charge in [-0.2, -0.15) is 0 Å². The van der Waals surface area contributed by atoms with E-state index < -0.39 is 5.54 Å². The molecule has 0 aromatic carbocycles. The summed E-state index contributed by atoms with van der Waals surface area (Å²) in [7, 11) is 0. The third kappa shape index (κ3) is 5.07. The fourth-order valence-electron chi connectivity index (χ4n) is 2.13. The Morgan fingerprint density at radius 3 is 2.06 bits per heavy atom. The molecule has 102 valence electrons. The standard InChI is InChI=1S/C14H30N2O/c1-7-12(8-2)11-16(10-4)13(17)14(5,6)15-9-3/h12,15H,7-11H2,1-6H3. The number of carbonyl (C=O) groups excluding carboxylic acids is 1. The average Bonchev–Trinajstić information content (AvgIpc) is 2.30. The molecule has 0 aromatic heterocycles. The van der Waals surface area contributed by atoms with Gasteiger partial charge in [-0.25, -0.2) is 0 Å². The van der Waals surface area contributed by atoms with Crippen LogP contribution >= 0.6 is 0 Å². The van der Waals surface area contributed by atoms with Crippen molar-refractivity contribution < 1.29 is 4.79 Å². The van der Waals surface area contributed by atoms with Gasteiger partial charge in [0.25, 0.3) is 0 Å². The highest BCUT2D eigenvalue weighted by atomic mass is 16.2. The van der Waals surface area contributed by atoms with E-state index in [0.29, 0.717) is 5.92 Å². The molecule has 0 bridgehead atoms. The van der Waals surface area contributed by atoms with E-state index in [4.69, 9.17) is 0 Å². The van der Waals surface area contributed by atoms with Gasteiger partial charge in [-0.1, -0.05) is 33.6 Å². The Balaban J connectivity index is 4.59. The number of rotatable bonds is 8. The van der Waals surface area contributed by atoms with Crippen molar-refractivity contribution in [1.82, 2.24) is 10.2 Å². The van der Waals surface area contributed by atoms with Crippen LogP contribution in [0.25, 0.3) is 0 Å². The summed E-state index contributed by atoms with van der Waals surface area (Å²) < 4.78 is 0. The van der Waals surface area contributed by atoms with Crippen LogP contribution in [0.5, 0.6) is 0 Å². The Hall–Kier alpha value is -0.570. The normalized spacial score (nSPS) is 11.9. The summed E-state index contributed by atoms with van der Waals surface area (Å²) in [5.41, 5.74) is -0.448. The van der Waals surface area contributed by atoms with Crippen LogP contribution in [0.4, 0.5) is 0 Å². The summed E-state index contributed by atoms with van der Waals surface area (Å²) in [4.78, 5) is 14.4. The molecule has 0 heterocycles. The lowest BCUT2D eigenvalue weighted by atomic mass is 9.99. The van der Waals surface area contributed by atoms with Crippen molar-refractivity contribution in [2.75, 3.05) is 19.6 Å². The maximum absolute atomic E-state index is 12.4. The van der Waals surface area contributed by atoms with E-state index in [2.05, 4.69) is 26.1 Å². The average molecular weight is 242 g/mol. The predicted molar refractivity (Wildman–Crippen MR) is 74.1 cm³/mol. The summed E-state index contributed by atoms with van der Waals surface area (Å²) in [6, 6.07) is 0. The molecule has 3 heteroatoms. The van der Waals surface area contributed by atoms with E-state index in [-0.39, 0.29) is 5.91 Å². The lowest BCUT2D eigenvalue weighted by Gasteiger charge is -2.33. The first-order valence-electron chi connectivity index (χ1n) is 6.97. The lowest BCUT2D eigenvalue weighted by molar-refractivity contribution is -0.137. The molecule has 0 saturated heterocycles. The molecule has 0 saturated carbocycles. The van der Waals surface area contributed by atoms with E-state index in [0.717, 1.165) is 32.5 Å². The first-order valence-corrected chi connectivity index (χ1v) is 6.97. The zero-order valence-corrected chi connectivity index (χ0v) is 12.5. The van der Waals surface area contributed by atoms with E-state index in [9.17, 15) is 4.79 Å². The third-order valence-corrected chi connectivity index (χ3v) is 3.46. The highest BCUT2D eigenvalue weighted by molar-refractivity contribution is 5.85. The van der Waals surface area contributed by atoms with Crippen molar-refractivity contribution in [1.29, 1.82) is 0 Å². The molecule has 0 aliphatic carbocycles. The number of carbonyl (C=O) groups is 1. The fourth-order valence-corrected chi connectivity index (χ4v) is 2.13. The van der Waals surface area contributed by atoms with Gasteiger partial charge in [0.1, 0.15) is 0 Å². The van der Waals surface area contributed by atoms with Crippen molar-refractivity contribution >= 4 is 5.91 Å². The maximum Gasteiger partial charge on any atom is 0.242 e. The topological polar surface area (TPSA) is 32.3 Å². The number of nitrogens with one attached hydrogen (secondary N) is 1. The molecule has 0 radical (unpaired) electrons. The Morgan fingerprint density at radius 2 is 1.71 bits per heavy atom. The summed E-state index contributed by atoms with van der Waals surface area (Å²) in [5.74, 6) is 0.838. The van der Waals surface area contributed by atoms with Gasteiger partial charge >= 0.3 is 0 Å². The minimum Gasteiger partial charge on any atom is -0.341 e. The van der Waals surface area contributed by atoms with Crippen LogP contribution in [0.15, 0.2) is 0 Å². The number of amides is 1. The molecule has 3 nitrogen and oxygen atoms in total. The second kappa shape index (κ2) is 7.70. The smallest absolute Gasteiger partial charge is 0.242 e. The Morgan fingerprint density at radius 1 is 1.18 bits per heavy atom. The SMILES string of the molecule is CCNC(C)(C)C(=O)N(CC)CC(CC)CC. The van der Waals surface area contributed by atoms with Crippen LogP contribution in [0, 0.1) is 5.92 Å². The molecule has 0 rings (SSSR count). The molecule has 17 heavy (non-hydrogen) atoms. The fraction of sp³-hybridized carbons (Fsp3) is 0.929. The van der Waals surface area contributed by atoms with Crippen LogP contribution in [0.1, 0.15) is 54.4 Å². The third-order valence-electron chi connectivity index (χ3n) is 3.46. The summed E-state index contributed by atoms with van der Waals surface area (Å²) in [6.45, 7) is 14.9. The van der Waals surface area contributed by atoms with Crippen molar-refractivity contribution in [3.63, 3.8) is 0 Å². The van der Waals surface area contributed by atoms with Gasteiger partial charge in [0.2, 0.25) is 5.91 Å². The van der Waals surface area contributed by atoms with Crippen molar-refractivity contribution in [2.45, 2.75) is 59.9 Å². The minimum absolute atomic E-state index is 0.216. The molecule has 0 aliphatic heterocycles. The number of hydrogen-bond acceptors (Lipinski definition) is 2. The highest BCUT2D eigenvalue weighted by Crippen LogP contribution is 2.14. The molecule has 1 amide bonds. The van der Waals surface area contributed by atoms with Gasteiger partial charge in [-0.3, -0.25) is 4.79 Å². The summed E-state index contributed by atoms with van der Waals surface area (Å²) in [5, 5.41) is 3.25. The molecule has 0 aromatic rings. The molecular formula is C14H30N2O. The van der Waals surface area contributed by atoms with Gasteiger partial charge in [0.05, 0.1) is 5.54 Å². The van der Waals surface area contributed by atoms with E-state index >= 15 is 0 Å². The molecule has 0 spiro atoms. The Kier molecular flexibility index (Phi) is 7.44. The van der Waals surface area contributed by atoms with Gasteiger partial charge in [0.15, 0.2) is 0 Å². The van der Waals surface area contributed by atoms with Gasteiger partial charge in [0, 0.05) is 13.1 Å². The first-order chi connectivity index (χ1) is 7.92. The largest absolute Gasteiger partial charge is 0.341 e. The highest BCUT2D eigenvalue weighted by Gasteiger charge is 2.30. The van der Waals surface area contributed by atoms with E-state index in [1.165, 1.54) is 0 Å². The molecule has 0 atom stereocenters. The Labute approximate surface area is 107 Å². The maximum atomic E-state index is 12.4. The monoisotopic (exact) mass is 242 g/mol. The molecule has 1 N–H and O–H groups in total. The number of likely N-dealkylation sites (N-methyl/N-ethyl adjacent to an activating group) is 2. The molecule has 0 unspecified atom stereocenters. The second-order valence-electron chi connectivity index (χ2n) is 5.18. The van der Waals surface area contributed by atoms with Crippen LogP contribution in [-0.2, 0) is 4.79 Å². The number of hydrogen-bond donors (Lipinski definition) is 1. The summed E-state index contributed by atoms with van der Waals surface area (Å²) in [6.07, 6.45) is 2.28. The van der Waals surface area contributed by atoms with E-state index in [1.807, 2.05) is 25.7 Å². The number of nitrogens with zero attached hydrogens (tertiary/aromatic N) is 1. The quantitative estimate of drug-likeness (QED) is 0.709. The van der Waals surface area contributed by atoms with Gasteiger partial charge in [-0.15, -0.1) is 0 Å². The van der Waals surface area contributed by atoms with Gasteiger partial charge in [-0.05, 0) is 33.2 Å². The molecule has 0 fully saturated rings. The van der Waals surface area contributed by atoms with Crippen molar-refractivity contribution in [3.8, 4) is 0 Å². The van der Waals surface area contributed by atoms with Crippen molar-refractivity contribution in [3.05, 3.63) is 0 Å². The second-order valence-corrected chi connectivity index (χ2v) is 5.18. The van der Waals surface area contributed by atoms with E-state index in [1.54, 1.807) is 0 Å². The zero-order valence-electron chi connectivity index (χ0n) is 12.5. The zero-order chi connectivity index (χ0) is 13.5. The van der Waals surface area contributed by atoms with Crippen LogP contribution < -0.4 is 5.32 Å².